The van der Waals surface area contributed by atoms with Gasteiger partial charge in [0.05, 0.1) is 57.7 Å². The van der Waals surface area contributed by atoms with Crippen LogP contribution >= 0.6 is 0 Å². The minimum atomic E-state index is -0.986. The van der Waals surface area contributed by atoms with Gasteiger partial charge in [0.1, 0.15) is 0 Å². The van der Waals surface area contributed by atoms with Crippen LogP contribution in [0.25, 0.3) is 22.5 Å². The van der Waals surface area contributed by atoms with Crippen molar-refractivity contribution >= 4 is 46.5 Å². The average Bonchev–Trinajstić information content (AvgIpc) is 3.19. The summed E-state index contributed by atoms with van der Waals surface area (Å²) in [6, 6.07) is 29.0. The monoisotopic (exact) mass is 778 g/mol. The molecule has 0 radical (unpaired) electrons. The minimum absolute atomic E-state index is 0.0663. The van der Waals surface area contributed by atoms with Gasteiger partial charge in [-0.15, -0.1) is 0 Å². The quantitative estimate of drug-likeness (QED) is 0.105. The van der Waals surface area contributed by atoms with Crippen molar-refractivity contribution in [2.45, 2.75) is 27.7 Å². The number of carboxylic acid groups (broad SMARTS) is 2. The van der Waals surface area contributed by atoms with Gasteiger partial charge >= 0.3 is 11.9 Å². The first kappa shape index (κ1) is 41.8. The van der Waals surface area contributed by atoms with E-state index in [1.165, 1.54) is 9.80 Å². The van der Waals surface area contributed by atoms with Gasteiger partial charge in [-0.3, -0.25) is 19.6 Å². The molecule has 0 saturated carbocycles. The fourth-order valence-electron chi connectivity index (χ4n) is 6.21. The fraction of sp³-hybridized carbons (Fsp3) is 0.174. The maximum atomic E-state index is 12.2. The van der Waals surface area contributed by atoms with Crippen LogP contribution in [0, 0.1) is 27.7 Å². The van der Waals surface area contributed by atoms with Crippen molar-refractivity contribution in [2.75, 3.05) is 38.8 Å². The Kier molecular flexibility index (Phi) is 13.0. The molecule has 4 N–H and O–H groups in total. The Morgan fingerprint density at radius 3 is 1.22 bits per heavy atom. The number of pyridine rings is 2. The highest BCUT2D eigenvalue weighted by Crippen LogP contribution is 2.29. The number of aromatic nitrogens is 2. The lowest BCUT2D eigenvalue weighted by molar-refractivity contribution is 0.0687. The molecule has 0 saturated heterocycles. The van der Waals surface area contributed by atoms with Gasteiger partial charge in [0.25, 0.3) is 11.8 Å². The molecular weight excluding hydrogens is 733 g/mol. The molecule has 6 aromatic rings. The molecule has 12 nitrogen and oxygen atoms in total. The van der Waals surface area contributed by atoms with Crippen molar-refractivity contribution in [1.29, 1.82) is 0 Å². The lowest BCUT2D eigenvalue weighted by Crippen LogP contribution is -2.21. The maximum Gasteiger partial charge on any atom is 0.337 e. The number of nitrogens with zero attached hydrogens (tertiary/aromatic N) is 4. The zero-order valence-electron chi connectivity index (χ0n) is 33.7. The van der Waals surface area contributed by atoms with Crippen molar-refractivity contribution < 1.29 is 29.4 Å². The van der Waals surface area contributed by atoms with Crippen LogP contribution in [-0.4, -0.2) is 81.9 Å². The Morgan fingerprint density at radius 2 is 0.897 bits per heavy atom. The van der Waals surface area contributed by atoms with Gasteiger partial charge in [-0.2, -0.15) is 0 Å². The zero-order chi connectivity index (χ0) is 42.3. The number of rotatable bonds is 10. The highest BCUT2D eigenvalue weighted by Gasteiger charge is 2.16. The Labute approximate surface area is 337 Å². The molecule has 0 fully saturated rings. The number of hydrogen-bond donors (Lipinski definition) is 4. The number of hydrogen-bond acceptors (Lipinski definition) is 8. The second-order valence-electron chi connectivity index (χ2n) is 14.3. The molecule has 12 heteroatoms. The minimum Gasteiger partial charge on any atom is -0.478 e. The van der Waals surface area contributed by atoms with E-state index in [1.807, 2.05) is 88.4 Å². The molecule has 0 aliphatic heterocycles. The molecule has 2 aromatic heterocycles. The molecule has 0 aliphatic carbocycles. The molecular formula is C46H46N6O6. The molecule has 0 unspecified atom stereocenters. The largest absolute Gasteiger partial charge is 0.478 e. The van der Waals surface area contributed by atoms with Crippen molar-refractivity contribution in [1.82, 2.24) is 19.8 Å². The van der Waals surface area contributed by atoms with Gasteiger partial charge in [0.15, 0.2) is 0 Å². The summed E-state index contributed by atoms with van der Waals surface area (Å²) in [6.45, 7) is 7.57. The number of carbonyl (C=O) groups is 4. The van der Waals surface area contributed by atoms with Gasteiger partial charge < -0.3 is 30.6 Å². The van der Waals surface area contributed by atoms with E-state index in [9.17, 15) is 29.4 Å². The first-order valence-electron chi connectivity index (χ1n) is 18.3. The third-order valence-corrected chi connectivity index (χ3v) is 9.10. The second kappa shape index (κ2) is 18.1. The Hall–Kier alpha value is -7.34. The number of nitrogens with one attached hydrogen (secondary N) is 2. The summed E-state index contributed by atoms with van der Waals surface area (Å²) >= 11 is 0. The van der Waals surface area contributed by atoms with Gasteiger partial charge in [-0.25, -0.2) is 9.59 Å². The Morgan fingerprint density at radius 1 is 0.517 bits per heavy atom. The van der Waals surface area contributed by atoms with E-state index < -0.39 is 11.9 Å². The number of benzene rings is 4. The molecule has 2 amide bonds. The van der Waals surface area contributed by atoms with Crippen LogP contribution in [0.1, 0.15) is 63.7 Å². The predicted octanol–water partition coefficient (Wildman–Crippen LogP) is 9.02. The van der Waals surface area contributed by atoms with E-state index in [-0.39, 0.29) is 22.9 Å². The standard InChI is InChI=1S/2C23H23N3O3/c2*1-14-8-9-20(19(10-14)23(28)29)25-18-11-15(2)21(24-13-18)16-6-5-7-17(12-16)22(27)26(3)4/h2*5-13,25H,1-4H3,(H,28,29). The summed E-state index contributed by atoms with van der Waals surface area (Å²) in [4.78, 5) is 59.7. The van der Waals surface area contributed by atoms with Gasteiger partial charge in [-0.05, 0) is 99.5 Å². The highest BCUT2D eigenvalue weighted by atomic mass is 16.4. The normalized spacial score (nSPS) is 10.5. The number of anilines is 4. The number of carbonyl (C=O) groups excluding carboxylic acids is 2. The SMILES string of the molecule is Cc1ccc(Nc2cnc(-c3cccc(C(=O)N(C)C)c3)c(C)c2)c(C(=O)O)c1.Cc1ccc(Nc2cnc(-c3cccc(C(=O)N(C)C)c3)c(C)c2)c(C(=O)O)c1. The number of aryl methyl sites for hydroxylation is 4. The molecule has 296 valence electrons. The van der Waals surface area contributed by atoms with E-state index in [1.54, 1.807) is 77.0 Å². The number of amides is 2. The van der Waals surface area contributed by atoms with Crippen molar-refractivity contribution in [2.24, 2.45) is 0 Å². The fourth-order valence-corrected chi connectivity index (χ4v) is 6.21. The topological polar surface area (TPSA) is 165 Å². The summed E-state index contributed by atoms with van der Waals surface area (Å²) in [5.41, 5.74) is 10.8. The molecule has 0 bridgehead atoms. The van der Waals surface area contributed by atoms with Gasteiger partial charge in [0.2, 0.25) is 0 Å². The summed E-state index contributed by atoms with van der Waals surface area (Å²) in [7, 11) is 6.87. The third kappa shape index (κ3) is 10.1. The molecule has 2 heterocycles. The van der Waals surface area contributed by atoms with E-state index in [2.05, 4.69) is 20.6 Å². The van der Waals surface area contributed by atoms with E-state index in [4.69, 9.17) is 0 Å². The third-order valence-electron chi connectivity index (χ3n) is 9.10. The first-order valence-corrected chi connectivity index (χ1v) is 18.3. The predicted molar refractivity (Wildman–Crippen MR) is 228 cm³/mol. The summed E-state index contributed by atoms with van der Waals surface area (Å²) in [5.74, 6) is -2.11. The molecule has 58 heavy (non-hydrogen) atoms. The molecule has 0 atom stereocenters. The van der Waals surface area contributed by atoms with E-state index in [0.29, 0.717) is 33.9 Å². The first-order chi connectivity index (χ1) is 27.5. The maximum absolute atomic E-state index is 12.2. The molecule has 4 aromatic carbocycles. The van der Waals surface area contributed by atoms with Crippen molar-refractivity contribution in [3.05, 3.63) is 154 Å². The summed E-state index contributed by atoms with van der Waals surface area (Å²) < 4.78 is 0. The Bertz CT molecular complexity index is 2360. The van der Waals surface area contributed by atoms with Crippen molar-refractivity contribution in [3.8, 4) is 22.5 Å². The zero-order valence-corrected chi connectivity index (χ0v) is 33.7. The second-order valence-corrected chi connectivity index (χ2v) is 14.3. The van der Waals surface area contributed by atoms with Crippen LogP contribution in [0.3, 0.4) is 0 Å². The van der Waals surface area contributed by atoms with Gasteiger partial charge in [0, 0.05) is 50.4 Å². The average molecular weight is 779 g/mol. The van der Waals surface area contributed by atoms with E-state index in [0.717, 1.165) is 44.8 Å². The lowest BCUT2D eigenvalue weighted by atomic mass is 10.0. The molecule has 6 rings (SSSR count). The smallest absolute Gasteiger partial charge is 0.337 e. The van der Waals surface area contributed by atoms with E-state index >= 15 is 0 Å². The Balaban J connectivity index is 0.000000221. The highest BCUT2D eigenvalue weighted by molar-refractivity contribution is 5.97. The van der Waals surface area contributed by atoms with Crippen LogP contribution in [0.2, 0.25) is 0 Å². The van der Waals surface area contributed by atoms with Crippen LogP contribution in [0.4, 0.5) is 22.7 Å². The lowest BCUT2D eigenvalue weighted by Gasteiger charge is -2.14. The van der Waals surface area contributed by atoms with Crippen LogP contribution in [0.5, 0.6) is 0 Å². The van der Waals surface area contributed by atoms with Gasteiger partial charge in [-0.1, -0.05) is 47.5 Å². The summed E-state index contributed by atoms with van der Waals surface area (Å²) in [6.07, 6.45) is 3.32. The van der Waals surface area contributed by atoms with Crippen LogP contribution in [-0.2, 0) is 0 Å². The molecule has 0 aliphatic rings. The number of carboxylic acids is 2. The summed E-state index contributed by atoms with van der Waals surface area (Å²) in [5, 5.41) is 25.2. The van der Waals surface area contributed by atoms with Crippen LogP contribution in [0.15, 0.2) is 109 Å². The number of aromatic carboxylic acids is 2. The van der Waals surface area contributed by atoms with Crippen molar-refractivity contribution in [3.63, 3.8) is 0 Å². The van der Waals surface area contributed by atoms with Crippen LogP contribution < -0.4 is 10.6 Å². The molecule has 0 spiro atoms.